The van der Waals surface area contributed by atoms with Gasteiger partial charge in [0.15, 0.2) is 5.75 Å². The van der Waals surface area contributed by atoms with Crippen molar-refractivity contribution in [2.45, 2.75) is 13.3 Å². The first-order valence-corrected chi connectivity index (χ1v) is 6.72. The fourth-order valence-corrected chi connectivity index (χ4v) is 2.34. The highest BCUT2D eigenvalue weighted by molar-refractivity contribution is 6.37. The summed E-state index contributed by atoms with van der Waals surface area (Å²) in [6.07, 6.45) is 2.15. The fourth-order valence-electron chi connectivity index (χ4n) is 1.83. The molecule has 1 aromatic rings. The van der Waals surface area contributed by atoms with E-state index in [0.29, 0.717) is 18.5 Å². The van der Waals surface area contributed by atoms with Gasteiger partial charge in [-0.25, -0.2) is 4.79 Å². The minimum Gasteiger partial charge on any atom is -0.505 e. The predicted octanol–water partition coefficient (Wildman–Crippen LogP) is 3.00. The topological polar surface area (TPSA) is 69.6 Å². The Hall–Kier alpha value is -1.72. The van der Waals surface area contributed by atoms with Crippen molar-refractivity contribution in [3.63, 3.8) is 0 Å². The Labute approximate surface area is 125 Å². The maximum absolute atomic E-state index is 12.0. The van der Waals surface area contributed by atoms with Crippen LogP contribution in [0.25, 0.3) is 6.08 Å². The third kappa shape index (κ3) is 2.73. The van der Waals surface area contributed by atoms with Crippen LogP contribution in [0.4, 0.5) is 4.79 Å². The smallest absolute Gasteiger partial charge is 0.329 e. The van der Waals surface area contributed by atoms with Gasteiger partial charge >= 0.3 is 6.03 Å². The van der Waals surface area contributed by atoms with Crippen LogP contribution in [0, 0.1) is 0 Å². The predicted molar refractivity (Wildman–Crippen MR) is 76.6 cm³/mol. The van der Waals surface area contributed by atoms with Crippen LogP contribution < -0.4 is 5.32 Å². The molecule has 0 aliphatic carbocycles. The van der Waals surface area contributed by atoms with Gasteiger partial charge in [0.1, 0.15) is 5.70 Å². The maximum atomic E-state index is 12.0. The van der Waals surface area contributed by atoms with E-state index in [1.165, 1.54) is 18.2 Å². The Morgan fingerprint density at radius 2 is 1.90 bits per heavy atom. The Morgan fingerprint density at radius 1 is 1.30 bits per heavy atom. The number of rotatable bonds is 3. The van der Waals surface area contributed by atoms with Crippen LogP contribution >= 0.6 is 23.2 Å². The van der Waals surface area contributed by atoms with Gasteiger partial charge in [-0.1, -0.05) is 30.1 Å². The molecule has 20 heavy (non-hydrogen) atoms. The number of halogens is 2. The first-order chi connectivity index (χ1) is 9.43. The van der Waals surface area contributed by atoms with Crippen molar-refractivity contribution in [3.05, 3.63) is 33.4 Å². The molecule has 3 amide bonds. The van der Waals surface area contributed by atoms with Crippen LogP contribution in [0.1, 0.15) is 18.9 Å². The molecule has 0 radical (unpaired) electrons. The number of imide groups is 1. The van der Waals surface area contributed by atoms with Crippen molar-refractivity contribution >= 4 is 41.2 Å². The molecule has 0 spiro atoms. The van der Waals surface area contributed by atoms with Crippen LogP contribution in [-0.4, -0.2) is 28.5 Å². The molecule has 2 rings (SSSR count). The normalized spacial score (nSPS) is 16.9. The average molecular weight is 315 g/mol. The Bertz CT molecular complexity index is 591. The third-order valence-corrected chi connectivity index (χ3v) is 3.34. The Kier molecular flexibility index (Phi) is 4.20. The van der Waals surface area contributed by atoms with Gasteiger partial charge in [-0.15, -0.1) is 0 Å². The van der Waals surface area contributed by atoms with E-state index in [-0.39, 0.29) is 21.5 Å². The van der Waals surface area contributed by atoms with E-state index in [1.807, 2.05) is 6.92 Å². The summed E-state index contributed by atoms with van der Waals surface area (Å²) in [5.74, 6) is -0.609. The van der Waals surface area contributed by atoms with Crippen LogP contribution in [0.2, 0.25) is 10.0 Å². The lowest BCUT2D eigenvalue weighted by atomic mass is 10.2. The fraction of sp³-hybridized carbons (Fsp3) is 0.231. The first-order valence-electron chi connectivity index (χ1n) is 5.96. The van der Waals surface area contributed by atoms with Gasteiger partial charge in [0.25, 0.3) is 5.91 Å². The minimum absolute atomic E-state index is 0.0755. The lowest BCUT2D eigenvalue weighted by Crippen LogP contribution is -2.31. The third-order valence-electron chi connectivity index (χ3n) is 2.76. The summed E-state index contributed by atoms with van der Waals surface area (Å²) in [5.41, 5.74) is 0.668. The van der Waals surface area contributed by atoms with Crippen LogP contribution in [-0.2, 0) is 4.79 Å². The highest BCUT2D eigenvalue weighted by Crippen LogP contribution is 2.33. The number of nitrogens with zero attached hydrogens (tertiary/aromatic N) is 1. The van der Waals surface area contributed by atoms with E-state index in [9.17, 15) is 14.7 Å². The molecule has 5 nitrogen and oxygen atoms in total. The number of benzene rings is 1. The second-order valence-electron chi connectivity index (χ2n) is 4.28. The lowest BCUT2D eigenvalue weighted by Gasteiger charge is -2.08. The van der Waals surface area contributed by atoms with Gasteiger partial charge in [-0.2, -0.15) is 0 Å². The lowest BCUT2D eigenvalue weighted by molar-refractivity contribution is -0.122. The summed E-state index contributed by atoms with van der Waals surface area (Å²) in [6, 6.07) is 2.47. The monoisotopic (exact) mass is 314 g/mol. The van der Waals surface area contributed by atoms with E-state index in [0.717, 1.165) is 4.90 Å². The van der Waals surface area contributed by atoms with E-state index in [4.69, 9.17) is 23.2 Å². The van der Waals surface area contributed by atoms with Gasteiger partial charge < -0.3 is 10.4 Å². The number of hydrogen-bond donors (Lipinski definition) is 2. The number of aromatic hydroxyl groups is 1. The zero-order valence-electron chi connectivity index (χ0n) is 10.6. The molecule has 7 heteroatoms. The minimum atomic E-state index is -0.445. The van der Waals surface area contributed by atoms with Crippen molar-refractivity contribution in [2.75, 3.05) is 6.54 Å². The molecule has 1 aromatic carbocycles. The molecular formula is C13H12Cl2N2O3. The molecule has 0 aromatic heterocycles. The number of phenols is 1. The van der Waals surface area contributed by atoms with Crippen LogP contribution in [0.15, 0.2) is 17.8 Å². The molecular weight excluding hydrogens is 303 g/mol. The SMILES string of the molecule is CCCN1C(=O)N/C(=C/c2cc(Cl)c(O)c(Cl)c2)C1=O. The molecule has 2 N–H and O–H groups in total. The van der Waals surface area contributed by atoms with Gasteiger partial charge in [0.05, 0.1) is 10.0 Å². The van der Waals surface area contributed by atoms with Crippen molar-refractivity contribution in [3.8, 4) is 5.75 Å². The Balaban J connectivity index is 2.33. The van der Waals surface area contributed by atoms with Crippen molar-refractivity contribution in [1.29, 1.82) is 0 Å². The van der Waals surface area contributed by atoms with Crippen molar-refractivity contribution in [1.82, 2.24) is 10.2 Å². The van der Waals surface area contributed by atoms with Crippen LogP contribution in [0.5, 0.6) is 5.75 Å². The largest absolute Gasteiger partial charge is 0.505 e. The molecule has 0 atom stereocenters. The highest BCUT2D eigenvalue weighted by atomic mass is 35.5. The quantitative estimate of drug-likeness (QED) is 0.665. The molecule has 106 valence electrons. The summed E-state index contributed by atoms with van der Waals surface area (Å²) < 4.78 is 0. The van der Waals surface area contributed by atoms with E-state index in [2.05, 4.69) is 5.32 Å². The first kappa shape index (κ1) is 14.7. The number of nitrogens with one attached hydrogen (secondary N) is 1. The molecule has 0 bridgehead atoms. The second-order valence-corrected chi connectivity index (χ2v) is 5.09. The molecule has 0 saturated carbocycles. The van der Waals surface area contributed by atoms with Crippen molar-refractivity contribution in [2.24, 2.45) is 0 Å². The number of phenolic OH excluding ortho intramolecular Hbond substituents is 1. The molecule has 1 saturated heterocycles. The molecule has 1 fully saturated rings. The average Bonchev–Trinajstić information content (AvgIpc) is 2.64. The zero-order valence-corrected chi connectivity index (χ0v) is 12.1. The van der Waals surface area contributed by atoms with Gasteiger partial charge in [0, 0.05) is 6.54 Å². The summed E-state index contributed by atoms with van der Waals surface area (Å²) >= 11 is 11.6. The molecule has 1 aliphatic heterocycles. The summed E-state index contributed by atoms with van der Waals surface area (Å²) in [6.45, 7) is 2.24. The van der Waals surface area contributed by atoms with E-state index >= 15 is 0 Å². The second kappa shape index (κ2) is 5.73. The molecule has 1 heterocycles. The summed E-state index contributed by atoms with van der Waals surface area (Å²) in [7, 11) is 0. The van der Waals surface area contributed by atoms with Gasteiger partial charge in [-0.3, -0.25) is 9.69 Å². The Morgan fingerprint density at radius 3 is 2.45 bits per heavy atom. The van der Waals surface area contributed by atoms with E-state index in [1.54, 1.807) is 0 Å². The highest BCUT2D eigenvalue weighted by Gasteiger charge is 2.32. The maximum Gasteiger partial charge on any atom is 0.329 e. The summed E-state index contributed by atoms with van der Waals surface area (Å²) in [5, 5.41) is 12.1. The van der Waals surface area contributed by atoms with Crippen LogP contribution in [0.3, 0.4) is 0 Å². The number of carbonyl (C=O) groups is 2. The number of amides is 3. The number of carbonyl (C=O) groups excluding carboxylic acids is 2. The number of urea groups is 1. The van der Waals surface area contributed by atoms with E-state index < -0.39 is 11.9 Å². The standard InChI is InChI=1S/C13H12Cl2N2O3/c1-2-3-17-12(19)10(16-13(17)20)6-7-4-8(14)11(18)9(15)5-7/h4-6,18H,2-3H2,1H3,(H,16,20)/b10-6+. The molecule has 0 unspecified atom stereocenters. The van der Waals surface area contributed by atoms with Gasteiger partial charge in [-0.05, 0) is 30.2 Å². The summed E-state index contributed by atoms with van der Waals surface area (Å²) in [4.78, 5) is 24.8. The van der Waals surface area contributed by atoms with Gasteiger partial charge in [0.2, 0.25) is 0 Å². The number of hydrogen-bond acceptors (Lipinski definition) is 3. The molecule has 1 aliphatic rings. The van der Waals surface area contributed by atoms with Crippen molar-refractivity contribution < 1.29 is 14.7 Å². The zero-order chi connectivity index (χ0) is 14.9.